The molecule has 9 heteroatoms. The molecule has 0 fully saturated rings. The minimum absolute atomic E-state index is 0.134. The van der Waals surface area contributed by atoms with Gasteiger partial charge < -0.3 is 11.1 Å². The van der Waals surface area contributed by atoms with E-state index in [1.807, 2.05) is 0 Å². The third kappa shape index (κ3) is 3.12. The number of nitrogens with zero attached hydrogens (tertiary/aromatic N) is 1. The van der Waals surface area contributed by atoms with Crippen molar-refractivity contribution in [1.29, 1.82) is 0 Å². The van der Waals surface area contributed by atoms with Gasteiger partial charge in [-0.15, -0.1) is 0 Å². The molecule has 0 saturated heterocycles. The molecule has 0 aliphatic rings. The predicted molar refractivity (Wildman–Crippen MR) is 62.0 cm³/mol. The van der Waals surface area contributed by atoms with Gasteiger partial charge in [-0.05, 0) is 6.07 Å². The number of para-hydroxylation sites is 1. The number of primary sulfonamides is 1. The van der Waals surface area contributed by atoms with E-state index in [-0.39, 0.29) is 29.4 Å². The van der Waals surface area contributed by atoms with Gasteiger partial charge in [0, 0.05) is 19.2 Å². The van der Waals surface area contributed by atoms with Gasteiger partial charge in [-0.1, -0.05) is 6.07 Å². The number of benzene rings is 1. The minimum atomic E-state index is -4.03. The van der Waals surface area contributed by atoms with Crippen molar-refractivity contribution in [3.8, 4) is 0 Å². The molecule has 1 rings (SSSR count). The number of hydrogen-bond donors (Lipinski definition) is 3. The summed E-state index contributed by atoms with van der Waals surface area (Å²) in [5.41, 5.74) is 4.76. The Morgan fingerprint density at radius 2 is 2.06 bits per heavy atom. The van der Waals surface area contributed by atoms with Gasteiger partial charge in [0.15, 0.2) is 0 Å². The Balaban J connectivity index is 3.40. The first-order valence-electron chi connectivity index (χ1n) is 4.62. The lowest BCUT2D eigenvalue weighted by atomic mass is 10.2. The monoisotopic (exact) mass is 260 g/mol. The molecular formula is C8H12N4O4S. The summed E-state index contributed by atoms with van der Waals surface area (Å²) < 4.78 is 22.6. The molecular weight excluding hydrogens is 248 g/mol. The summed E-state index contributed by atoms with van der Waals surface area (Å²) in [4.78, 5) is 9.76. The van der Waals surface area contributed by atoms with Crippen molar-refractivity contribution in [2.45, 2.75) is 4.90 Å². The van der Waals surface area contributed by atoms with E-state index in [0.29, 0.717) is 0 Å². The first-order chi connectivity index (χ1) is 7.88. The quantitative estimate of drug-likeness (QED) is 0.486. The highest BCUT2D eigenvalue weighted by molar-refractivity contribution is 7.89. The van der Waals surface area contributed by atoms with E-state index in [2.05, 4.69) is 5.32 Å². The number of sulfonamides is 1. The van der Waals surface area contributed by atoms with Crippen molar-refractivity contribution in [3.05, 3.63) is 28.3 Å². The van der Waals surface area contributed by atoms with Gasteiger partial charge in [0.05, 0.1) is 4.92 Å². The molecule has 1 aromatic rings. The number of nitrogens with two attached hydrogens (primary N) is 2. The van der Waals surface area contributed by atoms with Crippen molar-refractivity contribution in [2.24, 2.45) is 10.9 Å². The number of nitrogens with one attached hydrogen (secondary N) is 1. The van der Waals surface area contributed by atoms with Gasteiger partial charge in [-0.2, -0.15) is 0 Å². The van der Waals surface area contributed by atoms with Crippen molar-refractivity contribution < 1.29 is 13.3 Å². The molecule has 0 heterocycles. The minimum Gasteiger partial charge on any atom is -0.377 e. The lowest BCUT2D eigenvalue weighted by molar-refractivity contribution is -0.384. The maximum atomic E-state index is 11.3. The van der Waals surface area contributed by atoms with Crippen LogP contribution in [0.5, 0.6) is 0 Å². The maximum Gasteiger partial charge on any atom is 0.293 e. The SMILES string of the molecule is NCCNc1c([N+](=O)[O-])cccc1S(N)(=O)=O. The van der Waals surface area contributed by atoms with Crippen LogP contribution in [0.4, 0.5) is 11.4 Å². The van der Waals surface area contributed by atoms with Gasteiger partial charge in [-0.3, -0.25) is 10.1 Å². The Morgan fingerprint density at radius 3 is 2.53 bits per heavy atom. The largest absolute Gasteiger partial charge is 0.377 e. The van der Waals surface area contributed by atoms with Crippen molar-refractivity contribution >= 4 is 21.4 Å². The number of nitro groups is 1. The highest BCUT2D eigenvalue weighted by atomic mass is 32.2. The van der Waals surface area contributed by atoms with Gasteiger partial charge in [0.1, 0.15) is 10.6 Å². The average molecular weight is 260 g/mol. The molecule has 0 unspecified atom stereocenters. The first kappa shape index (κ1) is 13.4. The smallest absolute Gasteiger partial charge is 0.293 e. The number of nitro benzene ring substituents is 1. The lowest BCUT2D eigenvalue weighted by Gasteiger charge is -2.09. The van der Waals surface area contributed by atoms with E-state index in [4.69, 9.17) is 10.9 Å². The number of rotatable bonds is 5. The number of anilines is 1. The standard InChI is InChI=1S/C8H12N4O4S/c9-4-5-11-8-6(12(13)14)2-1-3-7(8)17(10,15)16/h1-3,11H,4-5,9H2,(H2,10,15,16). The fraction of sp³-hybridized carbons (Fsp3) is 0.250. The van der Waals surface area contributed by atoms with Gasteiger partial charge in [-0.25, -0.2) is 13.6 Å². The molecule has 8 nitrogen and oxygen atoms in total. The fourth-order valence-corrected chi connectivity index (χ4v) is 2.01. The Hall–Kier alpha value is -1.71. The topological polar surface area (TPSA) is 141 Å². The number of hydrogen-bond acceptors (Lipinski definition) is 6. The van der Waals surface area contributed by atoms with Gasteiger partial charge >= 0.3 is 0 Å². The Morgan fingerprint density at radius 1 is 1.41 bits per heavy atom. The van der Waals surface area contributed by atoms with Crippen LogP contribution in [0.2, 0.25) is 0 Å². The third-order valence-corrected chi connectivity index (χ3v) is 2.91. The zero-order valence-corrected chi connectivity index (χ0v) is 9.61. The van der Waals surface area contributed by atoms with Crippen LogP contribution in [0.15, 0.2) is 23.1 Å². The van der Waals surface area contributed by atoms with E-state index in [1.165, 1.54) is 18.2 Å². The van der Waals surface area contributed by atoms with E-state index in [9.17, 15) is 18.5 Å². The second-order valence-electron chi connectivity index (χ2n) is 3.17. The molecule has 0 atom stereocenters. The molecule has 0 saturated carbocycles. The van der Waals surface area contributed by atoms with E-state index in [0.717, 1.165) is 0 Å². The predicted octanol–water partition coefficient (Wildman–Crippen LogP) is -0.387. The second-order valence-corrected chi connectivity index (χ2v) is 4.70. The first-order valence-corrected chi connectivity index (χ1v) is 6.16. The van der Waals surface area contributed by atoms with Gasteiger partial charge in [0.2, 0.25) is 10.0 Å². The Kier molecular flexibility index (Phi) is 3.99. The summed E-state index contributed by atoms with van der Waals surface area (Å²) in [7, 11) is -4.03. The zero-order valence-electron chi connectivity index (χ0n) is 8.79. The molecule has 0 aliphatic heterocycles. The van der Waals surface area contributed by atoms with Crippen molar-refractivity contribution in [1.82, 2.24) is 0 Å². The molecule has 0 bridgehead atoms. The van der Waals surface area contributed by atoms with Crippen LogP contribution in [0.25, 0.3) is 0 Å². The molecule has 0 radical (unpaired) electrons. The van der Waals surface area contributed by atoms with E-state index >= 15 is 0 Å². The van der Waals surface area contributed by atoms with Crippen LogP contribution >= 0.6 is 0 Å². The Labute approximate surface area is 97.8 Å². The van der Waals surface area contributed by atoms with Crippen LogP contribution in [0.1, 0.15) is 0 Å². The molecule has 94 valence electrons. The van der Waals surface area contributed by atoms with Crippen molar-refractivity contribution in [2.75, 3.05) is 18.4 Å². The molecule has 1 aromatic carbocycles. The molecule has 0 aromatic heterocycles. The van der Waals surface area contributed by atoms with Crippen molar-refractivity contribution in [3.63, 3.8) is 0 Å². The lowest BCUT2D eigenvalue weighted by Crippen LogP contribution is -2.19. The Bertz CT molecular complexity index is 528. The van der Waals surface area contributed by atoms with E-state index < -0.39 is 14.9 Å². The second kappa shape index (κ2) is 5.08. The maximum absolute atomic E-state index is 11.3. The van der Waals surface area contributed by atoms with Crippen LogP contribution < -0.4 is 16.2 Å². The average Bonchev–Trinajstić information content (AvgIpc) is 2.24. The third-order valence-electron chi connectivity index (χ3n) is 1.95. The fourth-order valence-electron chi connectivity index (χ4n) is 1.28. The van der Waals surface area contributed by atoms with Crippen LogP contribution in [-0.4, -0.2) is 26.4 Å². The highest BCUT2D eigenvalue weighted by Crippen LogP contribution is 2.30. The van der Waals surface area contributed by atoms with Gasteiger partial charge in [0.25, 0.3) is 5.69 Å². The summed E-state index contributed by atoms with van der Waals surface area (Å²) in [5.74, 6) is 0. The molecule has 0 amide bonds. The normalized spacial score (nSPS) is 11.2. The summed E-state index contributed by atoms with van der Waals surface area (Å²) in [6, 6.07) is 3.64. The highest BCUT2D eigenvalue weighted by Gasteiger charge is 2.22. The van der Waals surface area contributed by atoms with Crippen LogP contribution in [-0.2, 0) is 10.0 Å². The summed E-state index contributed by atoms with van der Waals surface area (Å²) in [6.45, 7) is 0.406. The van der Waals surface area contributed by atoms with Crippen LogP contribution in [0.3, 0.4) is 0 Å². The summed E-state index contributed by atoms with van der Waals surface area (Å²) >= 11 is 0. The molecule has 5 N–H and O–H groups in total. The summed E-state index contributed by atoms with van der Waals surface area (Å²) in [6.07, 6.45) is 0. The van der Waals surface area contributed by atoms with E-state index in [1.54, 1.807) is 0 Å². The summed E-state index contributed by atoms with van der Waals surface area (Å²) in [5, 5.41) is 18.3. The zero-order chi connectivity index (χ0) is 13.1. The van der Waals surface area contributed by atoms with Crippen LogP contribution in [0, 0.1) is 10.1 Å². The molecule has 0 spiro atoms. The molecule has 0 aliphatic carbocycles. The molecule has 17 heavy (non-hydrogen) atoms.